The smallest absolute Gasteiger partial charge is 0.328 e. The van der Waals surface area contributed by atoms with E-state index in [1.165, 1.54) is 4.68 Å². The molecule has 0 amide bonds. The third kappa shape index (κ3) is 2.65. The van der Waals surface area contributed by atoms with Crippen LogP contribution >= 0.6 is 11.6 Å². The van der Waals surface area contributed by atoms with Gasteiger partial charge >= 0.3 is 5.97 Å². The molecule has 0 aliphatic rings. The summed E-state index contributed by atoms with van der Waals surface area (Å²) in [5.41, 5.74) is 0.824. The van der Waals surface area contributed by atoms with Crippen LogP contribution in [-0.2, 0) is 11.2 Å². The second kappa shape index (κ2) is 5.14. The maximum absolute atomic E-state index is 11.3. The van der Waals surface area contributed by atoms with Crippen LogP contribution in [0.15, 0.2) is 24.3 Å². The molecule has 1 N–H and O–H groups in total. The molecule has 1 aromatic carbocycles. The maximum Gasteiger partial charge on any atom is 0.328 e. The number of carbonyl (C=O) groups is 1. The average molecular weight is 267 g/mol. The molecular formula is C11H11ClN4O2. The molecule has 0 aliphatic heterocycles. The predicted molar refractivity (Wildman–Crippen MR) is 64.4 cm³/mol. The van der Waals surface area contributed by atoms with Gasteiger partial charge in [-0.15, -0.1) is 5.10 Å². The number of carboxylic acids is 1. The van der Waals surface area contributed by atoms with Gasteiger partial charge in [0.1, 0.15) is 5.82 Å². The van der Waals surface area contributed by atoms with Crippen molar-refractivity contribution in [2.45, 2.75) is 19.4 Å². The Morgan fingerprint density at radius 1 is 1.56 bits per heavy atom. The number of aryl methyl sites for hydroxylation is 1. The van der Waals surface area contributed by atoms with E-state index < -0.39 is 12.0 Å². The van der Waals surface area contributed by atoms with Gasteiger partial charge in [0, 0.05) is 11.4 Å². The first kappa shape index (κ1) is 12.5. The van der Waals surface area contributed by atoms with Crippen LogP contribution in [0.4, 0.5) is 0 Å². The van der Waals surface area contributed by atoms with Gasteiger partial charge in [0.2, 0.25) is 0 Å². The molecule has 0 unspecified atom stereocenters. The summed E-state index contributed by atoms with van der Waals surface area (Å²) < 4.78 is 1.29. The number of halogens is 1. The highest BCUT2D eigenvalue weighted by atomic mass is 35.5. The number of aliphatic carboxylic acids is 1. The largest absolute Gasteiger partial charge is 0.480 e. The Morgan fingerprint density at radius 3 is 2.89 bits per heavy atom. The van der Waals surface area contributed by atoms with Crippen molar-refractivity contribution in [1.29, 1.82) is 0 Å². The summed E-state index contributed by atoms with van der Waals surface area (Å²) >= 11 is 5.87. The van der Waals surface area contributed by atoms with Crippen LogP contribution in [0.25, 0.3) is 0 Å². The zero-order valence-electron chi connectivity index (χ0n) is 9.62. The maximum atomic E-state index is 11.3. The molecule has 7 heteroatoms. The normalized spacial score (nSPS) is 12.3. The lowest BCUT2D eigenvalue weighted by molar-refractivity contribution is -0.141. The summed E-state index contributed by atoms with van der Waals surface area (Å²) in [6, 6.07) is 6.24. The Kier molecular flexibility index (Phi) is 3.57. The van der Waals surface area contributed by atoms with Gasteiger partial charge in [-0.05, 0) is 35.0 Å². The van der Waals surface area contributed by atoms with Gasteiger partial charge in [0.15, 0.2) is 6.04 Å². The minimum absolute atomic E-state index is 0.280. The van der Waals surface area contributed by atoms with Crippen molar-refractivity contribution in [3.63, 3.8) is 0 Å². The Labute approximate surface area is 108 Å². The second-order valence-corrected chi connectivity index (χ2v) is 4.30. The van der Waals surface area contributed by atoms with Crippen molar-refractivity contribution in [2.75, 3.05) is 0 Å². The van der Waals surface area contributed by atoms with Crippen molar-refractivity contribution in [1.82, 2.24) is 20.2 Å². The topological polar surface area (TPSA) is 80.9 Å². The number of hydrogen-bond donors (Lipinski definition) is 1. The molecule has 6 nitrogen and oxygen atoms in total. The molecule has 2 rings (SSSR count). The average Bonchev–Trinajstić information content (AvgIpc) is 2.72. The van der Waals surface area contributed by atoms with E-state index in [0.29, 0.717) is 10.8 Å². The minimum atomic E-state index is -0.981. The third-order valence-corrected chi connectivity index (χ3v) is 2.79. The zero-order valence-corrected chi connectivity index (χ0v) is 10.4. The van der Waals surface area contributed by atoms with Crippen molar-refractivity contribution in [2.24, 2.45) is 0 Å². The highest BCUT2D eigenvalue weighted by Gasteiger charge is 2.23. The van der Waals surface area contributed by atoms with Crippen LogP contribution in [0.1, 0.15) is 17.4 Å². The third-order valence-electron chi connectivity index (χ3n) is 2.56. The van der Waals surface area contributed by atoms with Crippen LogP contribution in [0.5, 0.6) is 0 Å². The Balaban J connectivity index is 2.28. The summed E-state index contributed by atoms with van der Waals surface area (Å²) in [7, 11) is 0. The van der Waals surface area contributed by atoms with Gasteiger partial charge in [-0.25, -0.2) is 9.48 Å². The first-order valence-electron chi connectivity index (χ1n) is 5.29. The van der Waals surface area contributed by atoms with E-state index in [4.69, 9.17) is 11.6 Å². The Hall–Kier alpha value is -1.95. The molecule has 1 atom stereocenters. The SMILES string of the molecule is Cc1nnnn1[C@H](Cc1cccc(Cl)c1)C(=O)O. The van der Waals surface area contributed by atoms with Crippen molar-refractivity contribution >= 4 is 17.6 Å². The number of aromatic nitrogens is 4. The number of nitrogens with zero attached hydrogens (tertiary/aromatic N) is 4. The summed E-state index contributed by atoms with van der Waals surface area (Å²) in [4.78, 5) is 11.3. The fourth-order valence-electron chi connectivity index (χ4n) is 1.69. The van der Waals surface area contributed by atoms with Gasteiger partial charge in [0.25, 0.3) is 0 Å². The molecule has 0 radical (unpaired) electrons. The van der Waals surface area contributed by atoms with E-state index >= 15 is 0 Å². The monoisotopic (exact) mass is 266 g/mol. The molecule has 0 saturated heterocycles. The highest BCUT2D eigenvalue weighted by Crippen LogP contribution is 2.18. The highest BCUT2D eigenvalue weighted by molar-refractivity contribution is 6.30. The van der Waals surface area contributed by atoms with Crippen LogP contribution in [0.2, 0.25) is 5.02 Å². The summed E-state index contributed by atoms with van der Waals surface area (Å²) in [5, 5.41) is 20.7. The number of tetrazole rings is 1. The van der Waals surface area contributed by atoms with Gasteiger partial charge in [-0.1, -0.05) is 23.7 Å². The van der Waals surface area contributed by atoms with Gasteiger partial charge < -0.3 is 5.11 Å². The standard InChI is InChI=1S/C11H11ClN4O2/c1-7-13-14-15-16(7)10(11(17)18)6-8-3-2-4-9(12)5-8/h2-5,10H,6H2,1H3,(H,17,18)/t10-/m1/s1. The van der Waals surface area contributed by atoms with Crippen LogP contribution < -0.4 is 0 Å². The van der Waals surface area contributed by atoms with Crippen LogP contribution in [-0.4, -0.2) is 31.3 Å². The molecule has 0 bridgehead atoms. The second-order valence-electron chi connectivity index (χ2n) is 3.86. The molecule has 0 fully saturated rings. The molecule has 1 heterocycles. The molecule has 2 aromatic rings. The molecule has 1 aromatic heterocycles. The van der Waals surface area contributed by atoms with Crippen LogP contribution in [0.3, 0.4) is 0 Å². The molecule has 0 spiro atoms. The van der Waals surface area contributed by atoms with E-state index in [1.807, 2.05) is 6.07 Å². The quantitative estimate of drug-likeness (QED) is 0.907. The lowest BCUT2D eigenvalue weighted by Crippen LogP contribution is -2.23. The van der Waals surface area contributed by atoms with Gasteiger partial charge in [-0.3, -0.25) is 0 Å². The fraction of sp³-hybridized carbons (Fsp3) is 0.273. The number of carboxylic acid groups (broad SMARTS) is 1. The van der Waals surface area contributed by atoms with E-state index in [1.54, 1.807) is 25.1 Å². The lowest BCUT2D eigenvalue weighted by atomic mass is 10.1. The van der Waals surface area contributed by atoms with E-state index in [-0.39, 0.29) is 6.42 Å². The van der Waals surface area contributed by atoms with Crippen molar-refractivity contribution < 1.29 is 9.90 Å². The Morgan fingerprint density at radius 2 is 2.33 bits per heavy atom. The molecule has 0 saturated carbocycles. The van der Waals surface area contributed by atoms with Gasteiger partial charge in [-0.2, -0.15) is 0 Å². The van der Waals surface area contributed by atoms with Gasteiger partial charge in [0.05, 0.1) is 0 Å². The molecular weight excluding hydrogens is 256 g/mol. The number of hydrogen-bond acceptors (Lipinski definition) is 4. The number of rotatable bonds is 4. The number of benzene rings is 1. The summed E-state index contributed by atoms with van der Waals surface area (Å²) in [6.07, 6.45) is 0.280. The Bertz CT molecular complexity index is 570. The van der Waals surface area contributed by atoms with Crippen LogP contribution in [0, 0.1) is 6.92 Å². The van der Waals surface area contributed by atoms with Crippen molar-refractivity contribution in [3.05, 3.63) is 40.7 Å². The summed E-state index contributed by atoms with van der Waals surface area (Å²) in [5.74, 6) is -0.519. The zero-order chi connectivity index (χ0) is 13.1. The first-order chi connectivity index (χ1) is 8.58. The minimum Gasteiger partial charge on any atom is -0.480 e. The lowest BCUT2D eigenvalue weighted by Gasteiger charge is -2.13. The molecule has 18 heavy (non-hydrogen) atoms. The first-order valence-corrected chi connectivity index (χ1v) is 5.67. The predicted octanol–water partition coefficient (Wildman–Crippen LogP) is 1.50. The van der Waals surface area contributed by atoms with E-state index in [0.717, 1.165) is 5.56 Å². The van der Waals surface area contributed by atoms with Crippen molar-refractivity contribution in [3.8, 4) is 0 Å². The summed E-state index contributed by atoms with van der Waals surface area (Å²) in [6.45, 7) is 1.66. The fourth-order valence-corrected chi connectivity index (χ4v) is 1.90. The van der Waals surface area contributed by atoms with E-state index in [9.17, 15) is 9.90 Å². The molecule has 0 aliphatic carbocycles. The molecule has 94 valence electrons. The van der Waals surface area contributed by atoms with E-state index in [2.05, 4.69) is 15.5 Å².